The van der Waals surface area contributed by atoms with Crippen LogP contribution in [-0.2, 0) is 11.2 Å². The molecule has 0 unspecified atom stereocenters. The van der Waals surface area contributed by atoms with E-state index in [0.717, 1.165) is 0 Å². The van der Waals surface area contributed by atoms with Crippen molar-refractivity contribution in [2.24, 2.45) is 0 Å². The summed E-state index contributed by atoms with van der Waals surface area (Å²) >= 11 is 0. The molecule has 0 saturated carbocycles. The Balaban J connectivity index is 0.000000921. The summed E-state index contributed by atoms with van der Waals surface area (Å²) in [6.07, 6.45) is -0.664. The molecule has 0 bridgehead atoms. The van der Waals surface area contributed by atoms with E-state index >= 15 is 0 Å². The van der Waals surface area contributed by atoms with Gasteiger partial charge in [0.25, 0.3) is 0 Å². The zero-order valence-electron chi connectivity index (χ0n) is 8.35. The van der Waals surface area contributed by atoms with Crippen LogP contribution in [0.25, 0.3) is 0 Å². The van der Waals surface area contributed by atoms with Crippen LogP contribution in [0.4, 0.5) is 13.2 Å². The van der Waals surface area contributed by atoms with Crippen molar-refractivity contribution in [2.45, 2.75) is 20.3 Å². The van der Waals surface area contributed by atoms with E-state index in [9.17, 15) is 18.0 Å². The Kier molecular flexibility index (Phi) is 5.44. The molecule has 0 atom stereocenters. The molecule has 0 radical (unpaired) electrons. The summed E-state index contributed by atoms with van der Waals surface area (Å²) in [5.41, 5.74) is -0.369. The Labute approximate surface area is 85.3 Å². The van der Waals surface area contributed by atoms with Gasteiger partial charge in [0.05, 0.1) is 6.42 Å². The summed E-state index contributed by atoms with van der Waals surface area (Å²) < 4.78 is 37.5. The van der Waals surface area contributed by atoms with Gasteiger partial charge in [-0.3, -0.25) is 4.79 Å². The maximum Gasteiger partial charge on any atom is 0.307 e. The molecule has 0 saturated heterocycles. The van der Waals surface area contributed by atoms with Gasteiger partial charge in [0.15, 0.2) is 11.6 Å². The molecule has 0 spiro atoms. The maximum atomic E-state index is 12.7. The average Bonchev–Trinajstić information content (AvgIpc) is 2.17. The molecule has 1 N–H and O–H groups in total. The van der Waals surface area contributed by atoms with E-state index in [1.54, 1.807) is 0 Å². The first-order valence-electron chi connectivity index (χ1n) is 4.36. The average molecular weight is 220 g/mol. The smallest absolute Gasteiger partial charge is 0.307 e. The molecule has 0 fully saturated rings. The van der Waals surface area contributed by atoms with Gasteiger partial charge in [0.1, 0.15) is 5.82 Å². The third-order valence-electron chi connectivity index (χ3n) is 1.43. The van der Waals surface area contributed by atoms with Crippen LogP contribution in [0.5, 0.6) is 0 Å². The van der Waals surface area contributed by atoms with Crippen LogP contribution in [-0.4, -0.2) is 11.1 Å². The number of carbonyl (C=O) groups is 1. The van der Waals surface area contributed by atoms with Gasteiger partial charge in [-0.25, -0.2) is 13.2 Å². The molecule has 0 aliphatic carbocycles. The highest BCUT2D eigenvalue weighted by Gasteiger charge is 2.11. The second-order valence-corrected chi connectivity index (χ2v) is 2.43. The maximum absolute atomic E-state index is 12.7. The van der Waals surface area contributed by atoms with E-state index in [1.807, 2.05) is 13.8 Å². The van der Waals surface area contributed by atoms with E-state index in [0.29, 0.717) is 12.1 Å². The zero-order valence-corrected chi connectivity index (χ0v) is 8.35. The first kappa shape index (κ1) is 13.5. The van der Waals surface area contributed by atoms with Gasteiger partial charge in [-0.2, -0.15) is 0 Å². The Morgan fingerprint density at radius 2 is 1.60 bits per heavy atom. The third kappa shape index (κ3) is 4.01. The Morgan fingerprint density at radius 3 is 2.07 bits per heavy atom. The summed E-state index contributed by atoms with van der Waals surface area (Å²) in [5, 5.41) is 8.27. The molecule has 0 aromatic heterocycles. The molecule has 0 aliphatic heterocycles. The van der Waals surface area contributed by atoms with Crippen LogP contribution in [0.15, 0.2) is 12.1 Å². The van der Waals surface area contributed by atoms with Gasteiger partial charge in [-0.1, -0.05) is 13.8 Å². The summed E-state index contributed by atoms with van der Waals surface area (Å²) in [7, 11) is 0. The summed E-state index contributed by atoms with van der Waals surface area (Å²) in [4.78, 5) is 10.1. The van der Waals surface area contributed by atoms with Gasteiger partial charge in [0.2, 0.25) is 0 Å². The summed E-state index contributed by atoms with van der Waals surface area (Å²) in [6, 6.07) is 0.867. The number of rotatable bonds is 2. The second kappa shape index (κ2) is 6.06. The molecule has 84 valence electrons. The minimum atomic E-state index is -1.33. The fourth-order valence-corrected chi connectivity index (χ4v) is 0.862. The Morgan fingerprint density at radius 1 is 1.13 bits per heavy atom. The van der Waals surface area contributed by atoms with Crippen LogP contribution >= 0.6 is 0 Å². The first-order valence-corrected chi connectivity index (χ1v) is 4.36. The number of halogens is 3. The molecule has 2 nitrogen and oxygen atoms in total. The molecular weight excluding hydrogens is 209 g/mol. The molecular formula is C10H11F3O2. The molecule has 1 rings (SSSR count). The Hall–Kier alpha value is -1.52. The van der Waals surface area contributed by atoms with Crippen molar-refractivity contribution in [2.75, 3.05) is 0 Å². The molecule has 15 heavy (non-hydrogen) atoms. The minimum absolute atomic E-state index is 0.327. The van der Waals surface area contributed by atoms with Crippen molar-refractivity contribution < 1.29 is 23.1 Å². The van der Waals surface area contributed by atoms with Gasteiger partial charge in [-0.15, -0.1) is 0 Å². The fourth-order valence-electron chi connectivity index (χ4n) is 0.862. The van der Waals surface area contributed by atoms with E-state index in [1.165, 1.54) is 0 Å². The normalized spacial score (nSPS) is 9.13. The van der Waals surface area contributed by atoms with Crippen LogP contribution in [0.1, 0.15) is 19.4 Å². The summed E-state index contributed by atoms with van der Waals surface area (Å²) in [6.45, 7) is 4.00. The van der Waals surface area contributed by atoms with E-state index in [4.69, 9.17) is 5.11 Å². The van der Waals surface area contributed by atoms with Crippen molar-refractivity contribution in [3.63, 3.8) is 0 Å². The molecule has 1 aromatic carbocycles. The standard InChI is InChI=1S/C8H5F3O2.C2H6/c9-5-3-7(11)6(10)1-4(5)2-8(12)13;1-2/h1,3H,2H2,(H,12,13);1-2H3. The van der Waals surface area contributed by atoms with Gasteiger partial charge in [-0.05, 0) is 6.07 Å². The lowest BCUT2D eigenvalue weighted by atomic mass is 10.1. The minimum Gasteiger partial charge on any atom is -0.481 e. The highest BCUT2D eigenvalue weighted by atomic mass is 19.2. The number of benzene rings is 1. The summed E-state index contributed by atoms with van der Waals surface area (Å²) in [5.74, 6) is -4.93. The highest BCUT2D eigenvalue weighted by Crippen LogP contribution is 2.13. The van der Waals surface area contributed by atoms with Crippen molar-refractivity contribution in [1.29, 1.82) is 0 Å². The molecule has 1 aromatic rings. The largest absolute Gasteiger partial charge is 0.481 e. The van der Waals surface area contributed by atoms with Gasteiger partial charge >= 0.3 is 5.97 Å². The van der Waals surface area contributed by atoms with Gasteiger partial charge in [0, 0.05) is 11.6 Å². The lowest BCUT2D eigenvalue weighted by molar-refractivity contribution is -0.136. The molecule has 0 heterocycles. The predicted octanol–water partition coefficient (Wildman–Crippen LogP) is 2.76. The SMILES string of the molecule is CC.O=C(O)Cc1cc(F)c(F)cc1F. The zero-order chi connectivity index (χ0) is 12.0. The quantitative estimate of drug-likeness (QED) is 0.778. The lowest BCUT2D eigenvalue weighted by Gasteiger charge is -2.00. The highest BCUT2D eigenvalue weighted by molar-refractivity contribution is 5.70. The van der Waals surface area contributed by atoms with Crippen LogP contribution in [0.2, 0.25) is 0 Å². The monoisotopic (exact) mass is 220 g/mol. The van der Waals surface area contributed by atoms with Crippen molar-refractivity contribution in [3.8, 4) is 0 Å². The van der Waals surface area contributed by atoms with Crippen LogP contribution in [0.3, 0.4) is 0 Å². The lowest BCUT2D eigenvalue weighted by Crippen LogP contribution is -2.04. The molecule has 0 amide bonds. The van der Waals surface area contributed by atoms with Crippen molar-refractivity contribution in [1.82, 2.24) is 0 Å². The molecule has 5 heteroatoms. The van der Waals surface area contributed by atoms with Crippen molar-refractivity contribution in [3.05, 3.63) is 35.1 Å². The van der Waals surface area contributed by atoms with Crippen molar-refractivity contribution >= 4 is 5.97 Å². The van der Waals surface area contributed by atoms with Crippen LogP contribution < -0.4 is 0 Å². The number of hydrogen-bond donors (Lipinski definition) is 1. The number of aliphatic carboxylic acids is 1. The van der Waals surface area contributed by atoms with Crippen LogP contribution in [0, 0.1) is 17.5 Å². The number of carboxylic acid groups (broad SMARTS) is 1. The fraction of sp³-hybridized carbons (Fsp3) is 0.300. The topological polar surface area (TPSA) is 37.3 Å². The molecule has 0 aliphatic rings. The number of hydrogen-bond acceptors (Lipinski definition) is 1. The first-order chi connectivity index (χ1) is 7.00. The van der Waals surface area contributed by atoms with E-state index < -0.39 is 29.8 Å². The predicted molar refractivity (Wildman–Crippen MR) is 49.0 cm³/mol. The second-order valence-electron chi connectivity index (χ2n) is 2.43. The van der Waals surface area contributed by atoms with Gasteiger partial charge < -0.3 is 5.11 Å². The Bertz CT molecular complexity index is 351. The number of carboxylic acids is 1. The van der Waals surface area contributed by atoms with E-state index in [2.05, 4.69) is 0 Å². The third-order valence-corrected chi connectivity index (χ3v) is 1.43. The van der Waals surface area contributed by atoms with E-state index in [-0.39, 0.29) is 5.56 Å².